The summed E-state index contributed by atoms with van der Waals surface area (Å²) in [5, 5.41) is 11.0. The van der Waals surface area contributed by atoms with E-state index in [-0.39, 0.29) is 29.5 Å². The van der Waals surface area contributed by atoms with E-state index in [1.165, 1.54) is 0 Å². The summed E-state index contributed by atoms with van der Waals surface area (Å²) >= 11 is 5.98. The number of nitrogens with zero attached hydrogens (tertiary/aromatic N) is 2. The molecule has 32 heavy (non-hydrogen) atoms. The van der Waals surface area contributed by atoms with Gasteiger partial charge < -0.3 is 14.4 Å². The predicted octanol–water partition coefficient (Wildman–Crippen LogP) is 3.32. The summed E-state index contributed by atoms with van der Waals surface area (Å²) in [6, 6.07) is 7.85. The first-order valence-electron chi connectivity index (χ1n) is 10.8. The van der Waals surface area contributed by atoms with Crippen molar-refractivity contribution in [1.29, 1.82) is 0 Å². The van der Waals surface area contributed by atoms with Crippen LogP contribution in [0.25, 0.3) is 0 Å². The summed E-state index contributed by atoms with van der Waals surface area (Å²) in [4.78, 5) is 18.5. The lowest BCUT2D eigenvalue weighted by Gasteiger charge is -2.30. The average molecular weight is 484 g/mol. The summed E-state index contributed by atoms with van der Waals surface area (Å²) in [5.74, 6) is -0.360. The van der Waals surface area contributed by atoms with Crippen LogP contribution in [0.4, 0.5) is 6.01 Å². The quantitative estimate of drug-likeness (QED) is 0.562. The minimum atomic E-state index is -3.71. The van der Waals surface area contributed by atoms with Crippen molar-refractivity contribution in [3.8, 4) is 0 Å². The third kappa shape index (κ3) is 6.95. The molecule has 1 aromatic heterocycles. The van der Waals surface area contributed by atoms with Gasteiger partial charge in [0.05, 0.1) is 12.4 Å². The maximum Gasteiger partial charge on any atom is 0.298 e. The largest absolute Gasteiger partial charge is 0.428 e. The normalized spacial score (nSPS) is 19.0. The Morgan fingerprint density at radius 3 is 2.59 bits per heavy atom. The molecule has 1 aromatic carbocycles. The Morgan fingerprint density at radius 1 is 1.25 bits per heavy atom. The Labute approximate surface area is 194 Å². The minimum Gasteiger partial charge on any atom is -0.428 e. The lowest BCUT2D eigenvalue weighted by molar-refractivity contribution is 0.0662. The summed E-state index contributed by atoms with van der Waals surface area (Å²) < 4.78 is 30.5. The minimum absolute atomic E-state index is 0.0559. The van der Waals surface area contributed by atoms with Crippen molar-refractivity contribution >= 4 is 33.5 Å². The fourth-order valence-corrected chi connectivity index (χ4v) is 4.57. The fourth-order valence-electron chi connectivity index (χ4n) is 4.01. The molecule has 2 N–H and O–H groups in total. The number of oxazole rings is 1. The second kappa shape index (κ2) is 10.7. The first kappa shape index (κ1) is 24.5. The van der Waals surface area contributed by atoms with Crippen molar-refractivity contribution < 1.29 is 22.7 Å². The highest BCUT2D eigenvalue weighted by atomic mass is 35.5. The third-order valence-electron chi connectivity index (χ3n) is 5.77. The molecule has 10 heteroatoms. The highest BCUT2D eigenvalue weighted by molar-refractivity contribution is 7.89. The molecule has 2 aromatic rings. The molecule has 1 aliphatic rings. The number of aromatic nitrogens is 1. The van der Waals surface area contributed by atoms with Crippen molar-refractivity contribution in [2.24, 2.45) is 5.92 Å². The maximum absolute atomic E-state index is 12.3. The third-order valence-corrected chi connectivity index (χ3v) is 6.58. The number of rotatable bonds is 9. The molecule has 1 fully saturated rings. The summed E-state index contributed by atoms with van der Waals surface area (Å²) in [6.07, 6.45) is 6.06. The fraction of sp³-hybridized carbons (Fsp3) is 0.545. The lowest BCUT2D eigenvalue weighted by atomic mass is 9.84. The SMILES string of the molecule is Cc1oc(N(CCc2ccc(Cl)cc2)CC[C@@H]2CCCC[C@H]2O)nc1C(=O)NS(C)(=O)=O. The van der Waals surface area contributed by atoms with Crippen LogP contribution >= 0.6 is 11.6 Å². The van der Waals surface area contributed by atoms with Crippen molar-refractivity contribution in [1.82, 2.24) is 9.71 Å². The Kier molecular flexibility index (Phi) is 8.19. The van der Waals surface area contributed by atoms with Gasteiger partial charge in [-0.1, -0.05) is 36.6 Å². The van der Waals surface area contributed by atoms with Crippen molar-refractivity contribution in [2.75, 3.05) is 24.2 Å². The number of aliphatic hydroxyl groups is 1. The standard InChI is InChI=1S/C22H30ClN3O5S/c1-15-20(21(28)25-32(2,29)30)24-22(31-15)26(13-11-16-7-9-18(23)10-8-16)14-12-17-5-3-4-6-19(17)27/h7-10,17,19,27H,3-6,11-14H2,1-2H3,(H,25,28)/t17-,19+/m0/s1. The first-order chi connectivity index (χ1) is 15.1. The molecule has 3 rings (SSSR count). The molecular formula is C22H30ClN3O5S. The monoisotopic (exact) mass is 483 g/mol. The predicted molar refractivity (Wildman–Crippen MR) is 124 cm³/mol. The van der Waals surface area contributed by atoms with Gasteiger partial charge in [0.1, 0.15) is 5.76 Å². The molecular weight excluding hydrogens is 454 g/mol. The maximum atomic E-state index is 12.3. The number of amides is 1. The van der Waals surface area contributed by atoms with Crippen molar-refractivity contribution in [2.45, 2.75) is 51.6 Å². The second-order valence-electron chi connectivity index (χ2n) is 8.37. The van der Waals surface area contributed by atoms with Crippen LogP contribution in [-0.2, 0) is 16.4 Å². The van der Waals surface area contributed by atoms with Gasteiger partial charge in [-0.05, 0) is 56.2 Å². The number of halogens is 1. The van der Waals surface area contributed by atoms with Crippen LogP contribution in [0.15, 0.2) is 28.7 Å². The molecule has 176 valence electrons. The van der Waals surface area contributed by atoms with E-state index < -0.39 is 15.9 Å². The molecule has 0 spiro atoms. The second-order valence-corrected chi connectivity index (χ2v) is 10.6. The van der Waals surface area contributed by atoms with Gasteiger partial charge in [0, 0.05) is 18.1 Å². The summed E-state index contributed by atoms with van der Waals surface area (Å²) in [5.41, 5.74) is 1.04. The molecule has 1 amide bonds. The van der Waals surface area contributed by atoms with Crippen LogP contribution in [0.1, 0.15) is 53.9 Å². The number of nitrogens with one attached hydrogen (secondary N) is 1. The number of carbonyl (C=O) groups is 1. The van der Waals surface area contributed by atoms with Crippen LogP contribution in [0, 0.1) is 12.8 Å². The van der Waals surface area contributed by atoms with E-state index >= 15 is 0 Å². The Balaban J connectivity index is 1.76. The van der Waals surface area contributed by atoms with Crippen LogP contribution in [0.5, 0.6) is 0 Å². The molecule has 2 atom stereocenters. The number of hydrogen-bond donors (Lipinski definition) is 2. The molecule has 0 radical (unpaired) electrons. The number of sulfonamides is 1. The lowest BCUT2D eigenvalue weighted by Crippen LogP contribution is -2.33. The van der Waals surface area contributed by atoms with Gasteiger partial charge in [0.25, 0.3) is 11.9 Å². The molecule has 1 heterocycles. The van der Waals surface area contributed by atoms with E-state index in [0.29, 0.717) is 24.5 Å². The first-order valence-corrected chi connectivity index (χ1v) is 13.1. The van der Waals surface area contributed by atoms with E-state index in [1.807, 2.05) is 33.9 Å². The smallest absolute Gasteiger partial charge is 0.298 e. The highest BCUT2D eigenvalue weighted by Crippen LogP contribution is 2.28. The van der Waals surface area contributed by atoms with Crippen molar-refractivity contribution in [3.05, 3.63) is 46.3 Å². The van der Waals surface area contributed by atoms with E-state index in [1.54, 1.807) is 6.92 Å². The zero-order valence-corrected chi connectivity index (χ0v) is 20.0. The average Bonchev–Trinajstić information content (AvgIpc) is 3.11. The van der Waals surface area contributed by atoms with Gasteiger partial charge in [-0.15, -0.1) is 0 Å². The highest BCUT2D eigenvalue weighted by Gasteiger charge is 2.26. The molecule has 0 saturated heterocycles. The zero-order chi connectivity index (χ0) is 23.3. The van der Waals surface area contributed by atoms with Crippen molar-refractivity contribution in [3.63, 3.8) is 0 Å². The van der Waals surface area contributed by atoms with E-state index in [2.05, 4.69) is 4.98 Å². The molecule has 0 unspecified atom stereocenters. The number of anilines is 1. The molecule has 1 aliphatic carbocycles. The number of benzene rings is 1. The van der Waals surface area contributed by atoms with Gasteiger partial charge in [-0.25, -0.2) is 13.1 Å². The Bertz CT molecular complexity index is 1020. The molecule has 8 nitrogen and oxygen atoms in total. The Morgan fingerprint density at radius 2 is 1.94 bits per heavy atom. The van der Waals surface area contributed by atoms with Crippen LogP contribution in [-0.4, -0.2) is 49.9 Å². The topological polar surface area (TPSA) is 113 Å². The number of aliphatic hydroxyl groups excluding tert-OH is 1. The van der Waals surface area contributed by atoms with Gasteiger partial charge in [-0.2, -0.15) is 4.98 Å². The van der Waals surface area contributed by atoms with E-state index in [9.17, 15) is 18.3 Å². The van der Waals surface area contributed by atoms with Crippen LogP contribution in [0.2, 0.25) is 5.02 Å². The van der Waals surface area contributed by atoms with Crippen LogP contribution < -0.4 is 9.62 Å². The number of carbonyl (C=O) groups excluding carboxylic acids is 1. The molecule has 0 aliphatic heterocycles. The molecule has 0 bridgehead atoms. The van der Waals surface area contributed by atoms with Gasteiger partial charge in [-0.3, -0.25) is 4.79 Å². The number of hydrogen-bond acceptors (Lipinski definition) is 7. The van der Waals surface area contributed by atoms with Crippen LogP contribution in [0.3, 0.4) is 0 Å². The molecule has 1 saturated carbocycles. The van der Waals surface area contributed by atoms with E-state index in [4.69, 9.17) is 16.0 Å². The van der Waals surface area contributed by atoms with Gasteiger partial charge in [0.15, 0.2) is 5.69 Å². The summed E-state index contributed by atoms with van der Waals surface area (Å²) in [6.45, 7) is 2.76. The van der Waals surface area contributed by atoms with Gasteiger partial charge in [0.2, 0.25) is 10.0 Å². The van der Waals surface area contributed by atoms with Gasteiger partial charge >= 0.3 is 0 Å². The zero-order valence-electron chi connectivity index (χ0n) is 18.4. The Hall–Kier alpha value is -2.10. The number of aryl methyl sites for hydroxylation is 1. The summed E-state index contributed by atoms with van der Waals surface area (Å²) in [7, 11) is -3.71. The van der Waals surface area contributed by atoms with E-state index in [0.717, 1.165) is 43.9 Å².